The lowest BCUT2D eigenvalue weighted by Gasteiger charge is -2.13. The van der Waals surface area contributed by atoms with Gasteiger partial charge in [0.15, 0.2) is 11.0 Å². The quantitative estimate of drug-likeness (QED) is 0.474. The zero-order chi connectivity index (χ0) is 21.1. The number of thioether (sulfide) groups is 1. The number of nitrogens with zero attached hydrogens (tertiary/aromatic N) is 3. The van der Waals surface area contributed by atoms with Crippen LogP contribution in [-0.4, -0.2) is 26.4 Å². The molecule has 0 bridgehead atoms. The van der Waals surface area contributed by atoms with Crippen molar-refractivity contribution in [3.05, 3.63) is 57.1 Å². The highest BCUT2D eigenvalue weighted by Crippen LogP contribution is 2.31. The van der Waals surface area contributed by atoms with Gasteiger partial charge in [0, 0.05) is 22.8 Å². The van der Waals surface area contributed by atoms with Crippen molar-refractivity contribution in [1.29, 1.82) is 0 Å². The third-order valence-electron chi connectivity index (χ3n) is 4.48. The lowest BCUT2D eigenvalue weighted by atomic mass is 10.1. The summed E-state index contributed by atoms with van der Waals surface area (Å²) in [6.45, 7) is 8.70. The summed E-state index contributed by atoms with van der Waals surface area (Å²) in [6.07, 6.45) is 0. The lowest BCUT2D eigenvalue weighted by Crippen LogP contribution is -2.16. The predicted octanol–water partition coefficient (Wildman–Crippen LogP) is 5.93. The molecule has 0 aliphatic rings. The summed E-state index contributed by atoms with van der Waals surface area (Å²) < 4.78 is 1.94. The van der Waals surface area contributed by atoms with Crippen molar-refractivity contribution >= 4 is 46.6 Å². The molecule has 0 aliphatic heterocycles. The second-order valence-electron chi connectivity index (χ2n) is 6.79. The van der Waals surface area contributed by atoms with Crippen molar-refractivity contribution in [2.45, 2.75) is 39.4 Å². The van der Waals surface area contributed by atoms with Gasteiger partial charge in [0.05, 0.1) is 10.8 Å². The number of hydrogen-bond acceptors (Lipinski definition) is 4. The van der Waals surface area contributed by atoms with Crippen LogP contribution in [0.4, 0.5) is 5.69 Å². The number of nitrogens with one attached hydrogen (secondary N) is 1. The van der Waals surface area contributed by atoms with E-state index in [2.05, 4.69) is 27.6 Å². The molecule has 5 nitrogen and oxygen atoms in total. The van der Waals surface area contributed by atoms with Crippen LogP contribution in [0.1, 0.15) is 23.6 Å². The van der Waals surface area contributed by atoms with Crippen molar-refractivity contribution in [3.8, 4) is 11.4 Å². The van der Waals surface area contributed by atoms with Gasteiger partial charge in [-0.25, -0.2) is 0 Å². The summed E-state index contributed by atoms with van der Waals surface area (Å²) in [5, 5.41) is 13.3. The molecule has 0 fully saturated rings. The molecule has 0 radical (unpaired) electrons. The highest BCUT2D eigenvalue weighted by molar-refractivity contribution is 7.99. The van der Waals surface area contributed by atoms with Crippen LogP contribution in [0.5, 0.6) is 0 Å². The van der Waals surface area contributed by atoms with Gasteiger partial charge in [0.2, 0.25) is 5.91 Å². The minimum Gasteiger partial charge on any atom is -0.325 e. The first-order chi connectivity index (χ1) is 13.8. The van der Waals surface area contributed by atoms with Gasteiger partial charge < -0.3 is 9.88 Å². The van der Waals surface area contributed by atoms with Gasteiger partial charge in [-0.1, -0.05) is 52.7 Å². The summed E-state index contributed by atoms with van der Waals surface area (Å²) in [4.78, 5) is 12.5. The maximum atomic E-state index is 12.5. The van der Waals surface area contributed by atoms with Crippen molar-refractivity contribution in [1.82, 2.24) is 14.8 Å². The Labute approximate surface area is 184 Å². The van der Waals surface area contributed by atoms with Crippen LogP contribution in [0, 0.1) is 20.8 Å². The fraction of sp³-hybridized carbons (Fsp3) is 0.286. The summed E-state index contributed by atoms with van der Waals surface area (Å²) in [5.74, 6) is 0.809. The van der Waals surface area contributed by atoms with E-state index in [1.54, 1.807) is 12.1 Å². The van der Waals surface area contributed by atoms with E-state index in [1.165, 1.54) is 17.3 Å². The van der Waals surface area contributed by atoms with Gasteiger partial charge in [0.25, 0.3) is 0 Å². The van der Waals surface area contributed by atoms with Crippen molar-refractivity contribution in [2.24, 2.45) is 0 Å². The number of amides is 1. The van der Waals surface area contributed by atoms with Crippen molar-refractivity contribution in [2.75, 3.05) is 11.1 Å². The van der Waals surface area contributed by atoms with Gasteiger partial charge in [-0.15, -0.1) is 10.2 Å². The zero-order valence-corrected chi connectivity index (χ0v) is 19.0. The molecule has 0 unspecified atom stereocenters. The summed E-state index contributed by atoms with van der Waals surface area (Å²) in [5.41, 5.74) is 4.91. The van der Waals surface area contributed by atoms with Crippen LogP contribution in [0.25, 0.3) is 11.4 Å². The van der Waals surface area contributed by atoms with Crippen LogP contribution in [-0.2, 0) is 11.3 Å². The number of anilines is 1. The first kappa shape index (κ1) is 21.7. The molecule has 1 heterocycles. The Hall–Kier alpha value is -2.02. The maximum Gasteiger partial charge on any atom is 0.234 e. The number of hydrogen-bond donors (Lipinski definition) is 1. The molecule has 8 heteroatoms. The minimum atomic E-state index is -0.0817. The Morgan fingerprint density at radius 3 is 2.41 bits per heavy atom. The average molecular weight is 449 g/mol. The molecule has 0 atom stereocenters. The van der Waals surface area contributed by atoms with E-state index in [9.17, 15) is 4.79 Å². The van der Waals surface area contributed by atoms with Crippen LogP contribution in [0.2, 0.25) is 10.0 Å². The number of rotatable bonds is 6. The average Bonchev–Trinajstić information content (AvgIpc) is 3.05. The number of carbonyl (C=O) groups is 1. The van der Waals surface area contributed by atoms with Gasteiger partial charge >= 0.3 is 0 Å². The largest absolute Gasteiger partial charge is 0.325 e. The number of aryl methyl sites for hydroxylation is 3. The summed E-state index contributed by atoms with van der Waals surface area (Å²) >= 11 is 13.7. The second-order valence-corrected chi connectivity index (χ2v) is 8.57. The highest BCUT2D eigenvalue weighted by atomic mass is 35.5. The van der Waals surface area contributed by atoms with E-state index < -0.39 is 0 Å². The molecule has 3 rings (SSSR count). The Bertz CT molecular complexity index is 1040. The molecule has 29 heavy (non-hydrogen) atoms. The maximum absolute atomic E-state index is 12.5. The molecule has 1 amide bonds. The molecule has 0 saturated heterocycles. The fourth-order valence-corrected chi connectivity index (χ4v) is 4.53. The third-order valence-corrected chi connectivity index (χ3v) is 5.99. The molecule has 152 valence electrons. The normalized spacial score (nSPS) is 11.0. The van der Waals surface area contributed by atoms with E-state index in [0.717, 1.165) is 22.4 Å². The fourth-order valence-electron chi connectivity index (χ4n) is 3.23. The van der Waals surface area contributed by atoms with Crippen LogP contribution in [0.15, 0.2) is 35.5 Å². The van der Waals surface area contributed by atoms with Gasteiger partial charge in [-0.05, 0) is 57.0 Å². The SMILES string of the molecule is CCn1c(SCC(=O)Nc2c(C)cc(C)cc2C)nnc1-c1ccc(Cl)cc1Cl. The topological polar surface area (TPSA) is 59.8 Å². The molecule has 3 aromatic rings. The summed E-state index contributed by atoms with van der Waals surface area (Å²) in [6, 6.07) is 9.39. The third kappa shape index (κ3) is 4.94. The second kappa shape index (κ2) is 9.20. The Kier molecular flexibility index (Phi) is 6.88. The molecule has 1 N–H and O–H groups in total. The number of carbonyl (C=O) groups excluding carboxylic acids is 1. The highest BCUT2D eigenvalue weighted by Gasteiger charge is 2.17. The zero-order valence-electron chi connectivity index (χ0n) is 16.7. The monoisotopic (exact) mass is 448 g/mol. The Morgan fingerprint density at radius 1 is 1.10 bits per heavy atom. The predicted molar refractivity (Wildman–Crippen MR) is 121 cm³/mol. The van der Waals surface area contributed by atoms with Crippen LogP contribution >= 0.6 is 35.0 Å². The number of halogens is 2. The molecule has 1 aromatic heterocycles. The molecule has 0 saturated carbocycles. The van der Waals surface area contributed by atoms with Gasteiger partial charge in [-0.3, -0.25) is 4.79 Å². The van der Waals surface area contributed by atoms with E-state index in [-0.39, 0.29) is 11.7 Å². The van der Waals surface area contributed by atoms with Crippen molar-refractivity contribution < 1.29 is 4.79 Å². The van der Waals surface area contributed by atoms with E-state index >= 15 is 0 Å². The molecule has 2 aromatic carbocycles. The minimum absolute atomic E-state index is 0.0817. The lowest BCUT2D eigenvalue weighted by molar-refractivity contribution is -0.113. The molecular weight excluding hydrogens is 427 g/mol. The van der Waals surface area contributed by atoms with E-state index in [0.29, 0.717) is 27.6 Å². The molecule has 0 spiro atoms. The van der Waals surface area contributed by atoms with E-state index in [1.807, 2.05) is 38.3 Å². The Morgan fingerprint density at radius 2 is 1.79 bits per heavy atom. The molecule has 0 aliphatic carbocycles. The van der Waals surface area contributed by atoms with Crippen LogP contribution < -0.4 is 5.32 Å². The first-order valence-electron chi connectivity index (χ1n) is 9.19. The van der Waals surface area contributed by atoms with E-state index in [4.69, 9.17) is 23.2 Å². The Balaban J connectivity index is 1.74. The van der Waals surface area contributed by atoms with Crippen LogP contribution in [0.3, 0.4) is 0 Å². The number of benzene rings is 2. The first-order valence-corrected chi connectivity index (χ1v) is 10.9. The smallest absolute Gasteiger partial charge is 0.234 e. The summed E-state index contributed by atoms with van der Waals surface area (Å²) in [7, 11) is 0. The number of aromatic nitrogens is 3. The van der Waals surface area contributed by atoms with Crippen molar-refractivity contribution in [3.63, 3.8) is 0 Å². The standard InChI is InChI=1S/C21H22Cl2N4OS/c1-5-27-20(16-7-6-15(22)10-17(16)23)25-26-21(27)29-11-18(28)24-19-13(3)8-12(2)9-14(19)4/h6-10H,5,11H2,1-4H3,(H,24,28). The van der Waals surface area contributed by atoms with Gasteiger partial charge in [-0.2, -0.15) is 0 Å². The van der Waals surface area contributed by atoms with Gasteiger partial charge in [0.1, 0.15) is 0 Å². The molecular formula is C21H22Cl2N4OS.